The molecular formula is C13H13F3N2O2S. The van der Waals surface area contributed by atoms with Gasteiger partial charge < -0.3 is 9.64 Å². The summed E-state index contributed by atoms with van der Waals surface area (Å²) in [6.07, 6.45) is -3.01. The minimum atomic E-state index is -4.46. The quantitative estimate of drug-likeness (QED) is 0.870. The smallest absolute Gasteiger partial charge is 0.416 e. The van der Waals surface area contributed by atoms with Crippen LogP contribution in [-0.2, 0) is 26.4 Å². The third-order valence-electron chi connectivity index (χ3n) is 2.82. The number of halogens is 3. The van der Waals surface area contributed by atoms with Gasteiger partial charge in [-0.05, 0) is 35.8 Å². The number of esters is 1. The van der Waals surface area contributed by atoms with Gasteiger partial charge in [0, 0.05) is 17.3 Å². The third kappa shape index (κ3) is 3.26. The third-order valence-corrected chi connectivity index (χ3v) is 4.14. The van der Waals surface area contributed by atoms with Gasteiger partial charge >= 0.3 is 12.1 Å². The van der Waals surface area contributed by atoms with E-state index in [1.807, 2.05) is 0 Å². The molecule has 0 radical (unpaired) electrons. The molecule has 0 spiro atoms. The van der Waals surface area contributed by atoms with Gasteiger partial charge in [-0.1, -0.05) is 6.07 Å². The van der Waals surface area contributed by atoms with E-state index in [-0.39, 0.29) is 12.3 Å². The first-order valence-corrected chi connectivity index (χ1v) is 7.43. The molecule has 21 heavy (non-hydrogen) atoms. The summed E-state index contributed by atoms with van der Waals surface area (Å²) in [6, 6.07) is 4.66. The van der Waals surface area contributed by atoms with Crippen molar-refractivity contribution in [3.63, 3.8) is 0 Å². The van der Waals surface area contributed by atoms with Crippen molar-refractivity contribution >= 4 is 22.3 Å². The van der Waals surface area contributed by atoms with Crippen molar-refractivity contribution in [2.75, 3.05) is 11.5 Å². The van der Waals surface area contributed by atoms with Gasteiger partial charge in [-0.3, -0.25) is 4.78 Å². The SMILES string of the molecule is CCOC(=O)C1N(c2cccc(C(F)(F)F)c2)C=CS1=N. The van der Waals surface area contributed by atoms with Gasteiger partial charge in [-0.2, -0.15) is 13.2 Å². The lowest BCUT2D eigenvalue weighted by Gasteiger charge is -2.24. The molecule has 4 nitrogen and oxygen atoms in total. The van der Waals surface area contributed by atoms with Crippen LogP contribution in [0.4, 0.5) is 18.9 Å². The Morgan fingerprint density at radius 1 is 1.48 bits per heavy atom. The lowest BCUT2D eigenvalue weighted by Crippen LogP contribution is -2.38. The first-order valence-electron chi connectivity index (χ1n) is 6.08. The minimum Gasteiger partial charge on any atom is -0.464 e. The highest BCUT2D eigenvalue weighted by molar-refractivity contribution is 7.90. The second-order valence-corrected chi connectivity index (χ2v) is 5.68. The molecule has 0 saturated heterocycles. The highest BCUT2D eigenvalue weighted by atomic mass is 32.2. The van der Waals surface area contributed by atoms with Crippen LogP contribution in [0, 0.1) is 4.78 Å². The Morgan fingerprint density at radius 2 is 2.19 bits per heavy atom. The molecule has 0 aliphatic carbocycles. The topological polar surface area (TPSA) is 53.4 Å². The van der Waals surface area contributed by atoms with Gasteiger partial charge in [0.15, 0.2) is 5.37 Å². The molecule has 1 N–H and O–H groups in total. The molecule has 8 heteroatoms. The van der Waals surface area contributed by atoms with Crippen molar-refractivity contribution < 1.29 is 22.7 Å². The number of benzene rings is 1. The van der Waals surface area contributed by atoms with Crippen molar-refractivity contribution in [2.45, 2.75) is 18.5 Å². The molecule has 0 bridgehead atoms. The lowest BCUT2D eigenvalue weighted by molar-refractivity contribution is -0.142. The number of ether oxygens (including phenoxy) is 1. The molecule has 2 rings (SSSR count). The molecule has 1 aliphatic heterocycles. The molecule has 0 aromatic heterocycles. The Labute approximate surface area is 122 Å². The number of hydrogen-bond donors (Lipinski definition) is 1. The molecule has 1 heterocycles. The number of nitrogens with one attached hydrogen (secondary N) is 1. The maximum atomic E-state index is 12.7. The zero-order chi connectivity index (χ0) is 15.6. The summed E-state index contributed by atoms with van der Waals surface area (Å²) in [5.41, 5.74) is -0.589. The van der Waals surface area contributed by atoms with Gasteiger partial charge in [0.05, 0.1) is 12.2 Å². The molecule has 0 saturated carbocycles. The van der Waals surface area contributed by atoms with Gasteiger partial charge in [-0.15, -0.1) is 0 Å². The van der Waals surface area contributed by atoms with Crippen LogP contribution in [0.5, 0.6) is 0 Å². The van der Waals surface area contributed by atoms with E-state index in [1.54, 1.807) is 6.92 Å². The number of alkyl halides is 3. The Bertz CT molecular complexity index is 601. The average Bonchev–Trinajstić information content (AvgIpc) is 2.80. The Balaban J connectivity index is 2.34. The van der Waals surface area contributed by atoms with Crippen LogP contribution in [0.25, 0.3) is 0 Å². The zero-order valence-electron chi connectivity index (χ0n) is 11.1. The zero-order valence-corrected chi connectivity index (χ0v) is 11.9. The highest BCUT2D eigenvalue weighted by Gasteiger charge is 2.35. The molecule has 1 aliphatic rings. The van der Waals surface area contributed by atoms with Crippen molar-refractivity contribution in [3.05, 3.63) is 41.4 Å². The Morgan fingerprint density at radius 3 is 2.81 bits per heavy atom. The van der Waals surface area contributed by atoms with E-state index in [0.717, 1.165) is 12.1 Å². The van der Waals surface area contributed by atoms with Crippen molar-refractivity contribution in [1.82, 2.24) is 0 Å². The maximum Gasteiger partial charge on any atom is 0.416 e. The summed E-state index contributed by atoms with van der Waals surface area (Å²) >= 11 is 0. The van der Waals surface area contributed by atoms with E-state index >= 15 is 0 Å². The van der Waals surface area contributed by atoms with Crippen LogP contribution in [0.1, 0.15) is 12.5 Å². The predicted octanol–water partition coefficient (Wildman–Crippen LogP) is 3.27. The number of carbonyl (C=O) groups is 1. The molecular weight excluding hydrogens is 305 g/mol. The van der Waals surface area contributed by atoms with Crippen molar-refractivity contribution in [2.24, 2.45) is 0 Å². The average molecular weight is 318 g/mol. The summed E-state index contributed by atoms with van der Waals surface area (Å²) in [7, 11) is -1.16. The second kappa shape index (κ2) is 5.88. The number of rotatable bonds is 3. The number of nitrogens with zero attached hydrogens (tertiary/aromatic N) is 1. The van der Waals surface area contributed by atoms with Crippen molar-refractivity contribution in [1.29, 1.82) is 4.78 Å². The van der Waals surface area contributed by atoms with E-state index in [1.165, 1.54) is 28.6 Å². The Kier molecular flexibility index (Phi) is 4.36. The molecule has 0 fully saturated rings. The fraction of sp³-hybridized carbons (Fsp3) is 0.308. The molecule has 2 unspecified atom stereocenters. The van der Waals surface area contributed by atoms with Crippen LogP contribution in [0.3, 0.4) is 0 Å². The summed E-state index contributed by atoms with van der Waals surface area (Å²) in [5, 5.41) is 0.537. The minimum absolute atomic E-state index is 0.156. The van der Waals surface area contributed by atoms with Gasteiger partial charge in [0.2, 0.25) is 0 Å². The molecule has 1 aromatic carbocycles. The summed E-state index contributed by atoms with van der Waals surface area (Å²) in [4.78, 5) is 13.2. The predicted molar refractivity (Wildman–Crippen MR) is 73.6 cm³/mol. The number of anilines is 1. The van der Waals surface area contributed by atoms with Crippen LogP contribution in [-0.4, -0.2) is 18.0 Å². The number of hydrogen-bond acceptors (Lipinski definition) is 4. The van der Waals surface area contributed by atoms with E-state index in [0.29, 0.717) is 0 Å². The first kappa shape index (κ1) is 15.6. The first-order chi connectivity index (χ1) is 9.84. The number of carbonyl (C=O) groups excluding carboxylic acids is 1. The molecule has 2 atom stereocenters. The van der Waals surface area contributed by atoms with Crippen LogP contribution in [0.15, 0.2) is 35.9 Å². The van der Waals surface area contributed by atoms with Crippen LogP contribution >= 0.6 is 0 Å². The van der Waals surface area contributed by atoms with Gasteiger partial charge in [-0.25, -0.2) is 4.79 Å². The van der Waals surface area contributed by atoms with Gasteiger partial charge in [0.25, 0.3) is 0 Å². The van der Waals surface area contributed by atoms with Crippen molar-refractivity contribution in [3.8, 4) is 0 Å². The largest absolute Gasteiger partial charge is 0.464 e. The summed E-state index contributed by atoms with van der Waals surface area (Å²) in [5.74, 6) is -0.613. The van der Waals surface area contributed by atoms with E-state index in [2.05, 4.69) is 0 Å². The second-order valence-electron chi connectivity index (χ2n) is 4.22. The molecule has 114 valence electrons. The van der Waals surface area contributed by atoms with E-state index in [9.17, 15) is 18.0 Å². The highest BCUT2D eigenvalue weighted by Crippen LogP contribution is 2.33. The monoisotopic (exact) mass is 318 g/mol. The van der Waals surface area contributed by atoms with E-state index in [4.69, 9.17) is 9.52 Å². The fourth-order valence-corrected chi connectivity index (χ4v) is 3.02. The summed E-state index contributed by atoms with van der Waals surface area (Å²) in [6.45, 7) is 1.79. The summed E-state index contributed by atoms with van der Waals surface area (Å²) < 4.78 is 51.0. The van der Waals surface area contributed by atoms with Crippen LogP contribution < -0.4 is 4.90 Å². The van der Waals surface area contributed by atoms with Gasteiger partial charge in [0.1, 0.15) is 0 Å². The normalized spacial score (nSPS) is 21.6. The lowest BCUT2D eigenvalue weighted by atomic mass is 10.2. The van der Waals surface area contributed by atoms with Crippen LogP contribution in [0.2, 0.25) is 0 Å². The Hall–Kier alpha value is -1.83. The molecule has 0 amide bonds. The van der Waals surface area contributed by atoms with E-state index < -0.39 is 33.8 Å². The maximum absolute atomic E-state index is 12.7. The fourth-order valence-electron chi connectivity index (χ4n) is 1.90. The molecule has 1 aromatic rings. The standard InChI is InChI=1S/C13H13F3N2O2S/c1-2-20-12(19)11-18(6-7-21(11)17)10-5-3-4-9(8-10)13(14,15)16/h3-8,11,17H,2H2,1H3.